The van der Waals surface area contributed by atoms with Gasteiger partial charge in [0.2, 0.25) is 5.89 Å². The number of aliphatic imine (C=N–C) groups is 1. The van der Waals surface area contributed by atoms with Crippen molar-refractivity contribution in [1.29, 1.82) is 0 Å². The summed E-state index contributed by atoms with van der Waals surface area (Å²) in [5, 5.41) is 3.38. The average Bonchev–Trinajstić information content (AvgIpc) is 3.24. The number of halogens is 1. The van der Waals surface area contributed by atoms with Crippen LogP contribution in [0.3, 0.4) is 0 Å². The van der Waals surface area contributed by atoms with Crippen LogP contribution >= 0.6 is 24.0 Å². The highest BCUT2D eigenvalue weighted by Crippen LogP contribution is 2.20. The fourth-order valence-corrected chi connectivity index (χ4v) is 3.38. The third-order valence-corrected chi connectivity index (χ3v) is 4.90. The second-order valence-electron chi connectivity index (χ2n) is 7.06. The summed E-state index contributed by atoms with van der Waals surface area (Å²) in [6.07, 6.45) is 5.05. The Balaban J connectivity index is 0.00000320. The van der Waals surface area contributed by atoms with Crippen LogP contribution in [0.2, 0.25) is 0 Å². The Morgan fingerprint density at radius 1 is 1.23 bits per heavy atom. The normalized spacial score (nSPS) is 15.1. The molecule has 166 valence electrons. The fraction of sp³-hybridized carbons (Fsp3) is 0.545. The highest BCUT2D eigenvalue weighted by Gasteiger charge is 2.22. The maximum Gasteiger partial charge on any atom is 0.216 e. The van der Waals surface area contributed by atoms with Crippen LogP contribution in [0, 0.1) is 0 Å². The van der Waals surface area contributed by atoms with E-state index in [1.807, 2.05) is 30.3 Å². The van der Waals surface area contributed by atoms with E-state index in [2.05, 4.69) is 22.1 Å². The lowest BCUT2D eigenvalue weighted by molar-refractivity contribution is 0.00989. The first-order chi connectivity index (χ1) is 14.3. The molecule has 0 spiro atoms. The molecular weight excluding hydrogens is 495 g/mol. The van der Waals surface area contributed by atoms with Gasteiger partial charge >= 0.3 is 0 Å². The number of hydrogen-bond acceptors (Lipinski definition) is 5. The Kier molecular flexibility index (Phi) is 11.2. The van der Waals surface area contributed by atoms with E-state index in [4.69, 9.17) is 18.9 Å². The molecule has 1 saturated heterocycles. The standard InChI is InChI=1S/C22H32N4O3.HI/c1-3-23-22(26-12-10-19(11-13-26)28-15-7-14-27-2)25-17-21-24-16-20(29-21)18-8-5-4-6-9-18;/h4-6,8-9,16,19H,3,7,10-15,17H2,1-2H3,(H,23,25);1H. The zero-order chi connectivity index (χ0) is 20.3. The van der Waals surface area contributed by atoms with E-state index >= 15 is 0 Å². The van der Waals surface area contributed by atoms with Crippen molar-refractivity contribution in [3.05, 3.63) is 42.4 Å². The first-order valence-corrected chi connectivity index (χ1v) is 10.4. The van der Waals surface area contributed by atoms with Crippen molar-refractivity contribution >= 4 is 29.9 Å². The van der Waals surface area contributed by atoms with E-state index in [0.29, 0.717) is 18.5 Å². The third-order valence-electron chi connectivity index (χ3n) is 4.90. The molecule has 0 amide bonds. The molecule has 3 rings (SSSR count). The van der Waals surface area contributed by atoms with Crippen molar-refractivity contribution in [2.75, 3.05) is 40.0 Å². The van der Waals surface area contributed by atoms with Gasteiger partial charge in [0.05, 0.1) is 12.3 Å². The van der Waals surface area contributed by atoms with Crippen LogP contribution in [0.5, 0.6) is 0 Å². The molecule has 1 N–H and O–H groups in total. The second-order valence-corrected chi connectivity index (χ2v) is 7.06. The molecule has 2 heterocycles. The van der Waals surface area contributed by atoms with Gasteiger partial charge in [-0.05, 0) is 26.2 Å². The minimum Gasteiger partial charge on any atom is -0.439 e. The number of guanidine groups is 1. The molecule has 2 aromatic rings. The molecule has 1 aromatic carbocycles. The summed E-state index contributed by atoms with van der Waals surface area (Å²) >= 11 is 0. The summed E-state index contributed by atoms with van der Waals surface area (Å²) in [6, 6.07) is 9.99. The van der Waals surface area contributed by atoms with E-state index in [0.717, 1.165) is 69.4 Å². The Morgan fingerprint density at radius 3 is 2.70 bits per heavy atom. The van der Waals surface area contributed by atoms with Crippen molar-refractivity contribution in [1.82, 2.24) is 15.2 Å². The number of ether oxygens (including phenoxy) is 2. The quantitative estimate of drug-likeness (QED) is 0.230. The molecule has 1 fully saturated rings. The number of hydrogen-bond donors (Lipinski definition) is 1. The molecule has 1 aliphatic rings. The topological polar surface area (TPSA) is 72.1 Å². The molecule has 0 atom stereocenters. The smallest absolute Gasteiger partial charge is 0.216 e. The van der Waals surface area contributed by atoms with Crippen LogP contribution in [0.1, 0.15) is 32.1 Å². The number of benzene rings is 1. The van der Waals surface area contributed by atoms with Crippen LogP contribution < -0.4 is 5.32 Å². The minimum atomic E-state index is 0. The first kappa shape index (κ1) is 24.6. The van der Waals surface area contributed by atoms with E-state index < -0.39 is 0 Å². The van der Waals surface area contributed by atoms with Crippen LogP contribution in [0.25, 0.3) is 11.3 Å². The van der Waals surface area contributed by atoms with Crippen molar-refractivity contribution < 1.29 is 13.9 Å². The number of methoxy groups -OCH3 is 1. The van der Waals surface area contributed by atoms with Gasteiger partial charge in [-0.1, -0.05) is 30.3 Å². The maximum atomic E-state index is 5.96. The second kappa shape index (κ2) is 13.6. The molecule has 0 bridgehead atoms. The number of piperidine rings is 1. The number of rotatable bonds is 9. The molecule has 0 unspecified atom stereocenters. The Bertz CT molecular complexity index is 746. The van der Waals surface area contributed by atoms with Gasteiger partial charge in [-0.15, -0.1) is 24.0 Å². The SMILES string of the molecule is CCNC(=NCc1ncc(-c2ccccc2)o1)N1CCC(OCCCOC)CC1.I. The lowest BCUT2D eigenvalue weighted by atomic mass is 10.1. The Labute approximate surface area is 196 Å². The van der Waals surface area contributed by atoms with Crippen LogP contribution in [-0.4, -0.2) is 61.9 Å². The molecule has 1 aliphatic heterocycles. The zero-order valence-corrected chi connectivity index (χ0v) is 20.2. The van der Waals surface area contributed by atoms with Gasteiger partial charge in [0.15, 0.2) is 11.7 Å². The third kappa shape index (κ3) is 7.55. The predicted molar refractivity (Wildman–Crippen MR) is 129 cm³/mol. The molecule has 8 heteroatoms. The summed E-state index contributed by atoms with van der Waals surface area (Å²) in [7, 11) is 1.72. The summed E-state index contributed by atoms with van der Waals surface area (Å²) in [4.78, 5) is 11.4. The number of aromatic nitrogens is 1. The van der Waals surface area contributed by atoms with Crippen LogP contribution in [0.15, 0.2) is 45.9 Å². The largest absolute Gasteiger partial charge is 0.439 e. The lowest BCUT2D eigenvalue weighted by Crippen LogP contribution is -2.47. The van der Waals surface area contributed by atoms with Crippen molar-refractivity contribution in [2.45, 2.75) is 38.8 Å². The number of nitrogens with one attached hydrogen (secondary N) is 1. The van der Waals surface area contributed by atoms with E-state index in [-0.39, 0.29) is 24.0 Å². The zero-order valence-electron chi connectivity index (χ0n) is 17.9. The number of likely N-dealkylation sites (tertiary alicyclic amines) is 1. The molecular formula is C22H33IN4O3. The van der Waals surface area contributed by atoms with Crippen molar-refractivity contribution in [2.24, 2.45) is 4.99 Å². The van der Waals surface area contributed by atoms with Gasteiger partial charge in [0.25, 0.3) is 0 Å². The van der Waals surface area contributed by atoms with Gasteiger partial charge in [0, 0.05) is 45.5 Å². The molecule has 0 radical (unpaired) electrons. The predicted octanol–water partition coefficient (Wildman–Crippen LogP) is 3.94. The van der Waals surface area contributed by atoms with Crippen LogP contribution in [-0.2, 0) is 16.0 Å². The van der Waals surface area contributed by atoms with Crippen molar-refractivity contribution in [3.63, 3.8) is 0 Å². The van der Waals surface area contributed by atoms with E-state index in [1.54, 1.807) is 13.3 Å². The highest BCUT2D eigenvalue weighted by molar-refractivity contribution is 14.0. The summed E-state index contributed by atoms with van der Waals surface area (Å²) in [6.45, 7) is 6.71. The van der Waals surface area contributed by atoms with Gasteiger partial charge in [-0.2, -0.15) is 0 Å². The molecule has 1 aromatic heterocycles. The van der Waals surface area contributed by atoms with Crippen molar-refractivity contribution in [3.8, 4) is 11.3 Å². The fourth-order valence-electron chi connectivity index (χ4n) is 3.38. The molecule has 0 aliphatic carbocycles. The van der Waals surface area contributed by atoms with Gasteiger partial charge < -0.3 is 24.1 Å². The molecule has 0 saturated carbocycles. The molecule has 30 heavy (non-hydrogen) atoms. The summed E-state index contributed by atoms with van der Waals surface area (Å²) in [5.41, 5.74) is 1.02. The number of nitrogens with zero attached hydrogens (tertiary/aromatic N) is 3. The lowest BCUT2D eigenvalue weighted by Gasteiger charge is -2.34. The number of oxazole rings is 1. The highest BCUT2D eigenvalue weighted by atomic mass is 127. The Hall–Kier alpha value is -1.65. The minimum absolute atomic E-state index is 0. The summed E-state index contributed by atoms with van der Waals surface area (Å²) < 4.78 is 16.9. The summed E-state index contributed by atoms with van der Waals surface area (Å²) in [5.74, 6) is 2.30. The average molecular weight is 528 g/mol. The van der Waals surface area contributed by atoms with Gasteiger partial charge in [0.1, 0.15) is 6.54 Å². The van der Waals surface area contributed by atoms with Gasteiger partial charge in [-0.3, -0.25) is 0 Å². The van der Waals surface area contributed by atoms with Gasteiger partial charge in [-0.25, -0.2) is 9.98 Å². The Morgan fingerprint density at radius 2 is 2.00 bits per heavy atom. The first-order valence-electron chi connectivity index (χ1n) is 10.4. The monoisotopic (exact) mass is 528 g/mol. The van der Waals surface area contributed by atoms with Crippen LogP contribution in [0.4, 0.5) is 0 Å². The maximum absolute atomic E-state index is 5.96. The molecule has 7 nitrogen and oxygen atoms in total. The van der Waals surface area contributed by atoms with E-state index in [9.17, 15) is 0 Å². The van der Waals surface area contributed by atoms with E-state index in [1.165, 1.54) is 0 Å².